The SMILES string of the molecule is CCCCCOCC(=O)NC1C(=O)NCC1(C)C. The van der Waals surface area contributed by atoms with Gasteiger partial charge in [-0.25, -0.2) is 0 Å². The second-order valence-corrected chi connectivity index (χ2v) is 5.47. The lowest BCUT2D eigenvalue weighted by Gasteiger charge is -2.24. The maximum atomic E-state index is 11.6. The average Bonchev–Trinajstić information content (AvgIpc) is 2.56. The summed E-state index contributed by atoms with van der Waals surface area (Å²) in [7, 11) is 0. The standard InChI is InChI=1S/C13H24N2O3/c1-4-5-6-7-18-8-10(16)15-11-12(17)14-9-13(11,2)3/h11H,4-9H2,1-3H3,(H,14,17)(H,15,16). The Hall–Kier alpha value is -1.10. The van der Waals surface area contributed by atoms with Crippen LogP contribution in [0.25, 0.3) is 0 Å². The smallest absolute Gasteiger partial charge is 0.246 e. The zero-order valence-corrected chi connectivity index (χ0v) is 11.5. The van der Waals surface area contributed by atoms with Gasteiger partial charge in [0.15, 0.2) is 0 Å². The van der Waals surface area contributed by atoms with Gasteiger partial charge >= 0.3 is 0 Å². The molecular formula is C13H24N2O3. The molecule has 0 spiro atoms. The van der Waals surface area contributed by atoms with Gasteiger partial charge < -0.3 is 15.4 Å². The van der Waals surface area contributed by atoms with Crippen molar-refractivity contribution in [3.05, 3.63) is 0 Å². The molecule has 104 valence electrons. The van der Waals surface area contributed by atoms with Gasteiger partial charge in [-0.15, -0.1) is 0 Å². The first kappa shape index (κ1) is 15.0. The lowest BCUT2D eigenvalue weighted by atomic mass is 9.87. The molecule has 0 aliphatic carbocycles. The first-order chi connectivity index (χ1) is 8.47. The van der Waals surface area contributed by atoms with Gasteiger partial charge in [0.05, 0.1) is 0 Å². The molecule has 1 saturated heterocycles. The quantitative estimate of drug-likeness (QED) is 0.663. The number of hydrogen-bond donors (Lipinski definition) is 2. The molecule has 1 unspecified atom stereocenters. The van der Waals surface area contributed by atoms with Gasteiger partial charge in [-0.1, -0.05) is 33.6 Å². The van der Waals surface area contributed by atoms with Gasteiger partial charge in [0.2, 0.25) is 11.8 Å². The Kier molecular flexibility index (Phi) is 5.59. The van der Waals surface area contributed by atoms with Crippen LogP contribution in [-0.2, 0) is 14.3 Å². The van der Waals surface area contributed by atoms with Gasteiger partial charge in [-0.2, -0.15) is 0 Å². The van der Waals surface area contributed by atoms with Gasteiger partial charge in [0, 0.05) is 18.6 Å². The summed E-state index contributed by atoms with van der Waals surface area (Å²) in [6, 6.07) is -0.454. The molecule has 1 rings (SSSR count). The molecule has 0 bridgehead atoms. The van der Waals surface area contributed by atoms with Crippen molar-refractivity contribution in [1.29, 1.82) is 0 Å². The van der Waals surface area contributed by atoms with Gasteiger partial charge in [0.25, 0.3) is 0 Å². The van der Waals surface area contributed by atoms with Crippen molar-refractivity contribution in [2.24, 2.45) is 5.41 Å². The molecule has 18 heavy (non-hydrogen) atoms. The van der Waals surface area contributed by atoms with E-state index in [-0.39, 0.29) is 23.8 Å². The van der Waals surface area contributed by atoms with Gasteiger partial charge in [0.1, 0.15) is 12.6 Å². The number of carbonyl (C=O) groups is 2. The summed E-state index contributed by atoms with van der Waals surface area (Å²) >= 11 is 0. The summed E-state index contributed by atoms with van der Waals surface area (Å²) in [4.78, 5) is 23.2. The Bertz CT molecular complexity index is 303. The number of carbonyl (C=O) groups excluding carboxylic acids is 2. The Balaban J connectivity index is 2.25. The number of ether oxygens (including phenoxy) is 1. The molecule has 1 heterocycles. The average molecular weight is 256 g/mol. The fraction of sp³-hybridized carbons (Fsp3) is 0.846. The predicted molar refractivity (Wildman–Crippen MR) is 69.1 cm³/mol. The molecule has 0 aromatic rings. The predicted octanol–water partition coefficient (Wildman–Crippen LogP) is 0.834. The molecular weight excluding hydrogens is 232 g/mol. The Labute approximate surface area is 109 Å². The van der Waals surface area contributed by atoms with Crippen molar-refractivity contribution in [1.82, 2.24) is 10.6 Å². The number of hydrogen-bond acceptors (Lipinski definition) is 3. The normalized spacial score (nSPS) is 21.7. The van der Waals surface area contributed by atoms with E-state index in [9.17, 15) is 9.59 Å². The van der Waals surface area contributed by atoms with E-state index in [4.69, 9.17) is 4.74 Å². The molecule has 1 fully saturated rings. The second-order valence-electron chi connectivity index (χ2n) is 5.47. The first-order valence-electron chi connectivity index (χ1n) is 6.62. The Morgan fingerprint density at radius 1 is 1.50 bits per heavy atom. The third kappa shape index (κ3) is 4.29. The van der Waals surface area contributed by atoms with Crippen molar-refractivity contribution in [3.8, 4) is 0 Å². The van der Waals surface area contributed by atoms with Crippen molar-refractivity contribution < 1.29 is 14.3 Å². The molecule has 1 aliphatic heterocycles. The fourth-order valence-corrected chi connectivity index (χ4v) is 1.96. The van der Waals surface area contributed by atoms with Crippen molar-refractivity contribution in [2.75, 3.05) is 19.8 Å². The minimum Gasteiger partial charge on any atom is -0.372 e. The molecule has 0 radical (unpaired) electrons. The highest BCUT2D eigenvalue weighted by molar-refractivity contribution is 5.90. The molecule has 1 atom stereocenters. The lowest BCUT2D eigenvalue weighted by molar-refractivity contribution is -0.131. The molecule has 0 saturated carbocycles. The van der Waals surface area contributed by atoms with Gasteiger partial charge in [-0.05, 0) is 6.42 Å². The molecule has 0 aromatic carbocycles. The summed E-state index contributed by atoms with van der Waals surface area (Å²) in [6.07, 6.45) is 3.21. The zero-order valence-electron chi connectivity index (χ0n) is 11.5. The Morgan fingerprint density at radius 3 is 2.78 bits per heavy atom. The van der Waals surface area contributed by atoms with E-state index in [1.54, 1.807) is 0 Å². The fourth-order valence-electron chi connectivity index (χ4n) is 1.96. The largest absolute Gasteiger partial charge is 0.372 e. The van der Waals surface area contributed by atoms with Crippen LogP contribution in [-0.4, -0.2) is 37.6 Å². The summed E-state index contributed by atoms with van der Waals surface area (Å²) in [5.74, 6) is -0.332. The monoisotopic (exact) mass is 256 g/mol. The van der Waals surface area contributed by atoms with Crippen LogP contribution in [0.15, 0.2) is 0 Å². The number of amides is 2. The van der Waals surface area contributed by atoms with E-state index >= 15 is 0 Å². The maximum absolute atomic E-state index is 11.6. The third-order valence-corrected chi connectivity index (χ3v) is 3.19. The van der Waals surface area contributed by atoms with Crippen LogP contribution in [0.4, 0.5) is 0 Å². The molecule has 5 heteroatoms. The topological polar surface area (TPSA) is 67.4 Å². The molecule has 1 aliphatic rings. The highest BCUT2D eigenvalue weighted by atomic mass is 16.5. The summed E-state index contributed by atoms with van der Waals surface area (Å²) in [6.45, 7) is 7.25. The highest BCUT2D eigenvalue weighted by Crippen LogP contribution is 2.24. The first-order valence-corrected chi connectivity index (χ1v) is 6.62. The van der Waals surface area contributed by atoms with Crippen LogP contribution in [0, 0.1) is 5.41 Å². The van der Waals surface area contributed by atoms with E-state index in [1.165, 1.54) is 0 Å². The van der Waals surface area contributed by atoms with E-state index in [1.807, 2.05) is 13.8 Å². The minimum absolute atomic E-state index is 0.0313. The number of unbranched alkanes of at least 4 members (excludes halogenated alkanes) is 2. The highest BCUT2D eigenvalue weighted by Gasteiger charge is 2.41. The van der Waals surface area contributed by atoms with E-state index in [0.717, 1.165) is 19.3 Å². The molecule has 0 aromatic heterocycles. The van der Waals surface area contributed by atoms with E-state index < -0.39 is 6.04 Å². The van der Waals surface area contributed by atoms with Crippen LogP contribution < -0.4 is 10.6 Å². The summed E-state index contributed by atoms with van der Waals surface area (Å²) < 4.78 is 5.27. The van der Waals surface area contributed by atoms with Crippen LogP contribution in [0.3, 0.4) is 0 Å². The summed E-state index contributed by atoms with van der Waals surface area (Å²) in [5.41, 5.74) is -0.241. The van der Waals surface area contributed by atoms with Crippen LogP contribution in [0.5, 0.6) is 0 Å². The van der Waals surface area contributed by atoms with Crippen molar-refractivity contribution in [2.45, 2.75) is 46.1 Å². The summed E-state index contributed by atoms with van der Waals surface area (Å²) in [5, 5.41) is 5.49. The van der Waals surface area contributed by atoms with E-state index in [0.29, 0.717) is 13.2 Å². The molecule has 5 nitrogen and oxygen atoms in total. The van der Waals surface area contributed by atoms with Gasteiger partial charge in [-0.3, -0.25) is 9.59 Å². The van der Waals surface area contributed by atoms with Crippen molar-refractivity contribution in [3.63, 3.8) is 0 Å². The van der Waals surface area contributed by atoms with Crippen LogP contribution >= 0.6 is 0 Å². The van der Waals surface area contributed by atoms with E-state index in [2.05, 4.69) is 17.6 Å². The van der Waals surface area contributed by atoms with Crippen LogP contribution in [0.1, 0.15) is 40.0 Å². The second kappa shape index (κ2) is 6.73. The minimum atomic E-state index is -0.454. The van der Waals surface area contributed by atoms with Crippen LogP contribution in [0.2, 0.25) is 0 Å². The zero-order chi connectivity index (χ0) is 13.6. The Morgan fingerprint density at radius 2 is 2.22 bits per heavy atom. The number of nitrogens with one attached hydrogen (secondary N) is 2. The van der Waals surface area contributed by atoms with Crippen molar-refractivity contribution >= 4 is 11.8 Å². The molecule has 2 amide bonds. The lowest BCUT2D eigenvalue weighted by Crippen LogP contribution is -2.48. The maximum Gasteiger partial charge on any atom is 0.246 e. The third-order valence-electron chi connectivity index (χ3n) is 3.19. The molecule has 2 N–H and O–H groups in total. The number of rotatable bonds is 7.